The number of aryl methyl sites for hydroxylation is 3. The minimum absolute atomic E-state index is 0.649. The Balaban J connectivity index is 1.49. The van der Waals surface area contributed by atoms with E-state index in [0.29, 0.717) is 6.54 Å². The third-order valence-electron chi connectivity index (χ3n) is 4.56. The van der Waals surface area contributed by atoms with Crippen LogP contribution in [-0.2, 0) is 25.9 Å². The van der Waals surface area contributed by atoms with E-state index in [1.54, 1.807) is 7.05 Å². The molecular weight excluding hydrogens is 312 g/mol. The summed E-state index contributed by atoms with van der Waals surface area (Å²) in [5.74, 6) is 2.91. The maximum atomic E-state index is 4.32. The third-order valence-corrected chi connectivity index (χ3v) is 4.56. The van der Waals surface area contributed by atoms with Crippen molar-refractivity contribution in [3.05, 3.63) is 46.5 Å². The monoisotopic (exact) mass is 340 g/mol. The van der Waals surface area contributed by atoms with Crippen molar-refractivity contribution in [1.29, 1.82) is 0 Å². The summed E-state index contributed by atoms with van der Waals surface area (Å²) in [7, 11) is 1.80. The van der Waals surface area contributed by atoms with Gasteiger partial charge in [-0.1, -0.05) is 29.3 Å². The lowest BCUT2D eigenvalue weighted by Crippen LogP contribution is -2.38. The molecule has 25 heavy (non-hydrogen) atoms. The highest BCUT2D eigenvalue weighted by molar-refractivity contribution is 5.79. The van der Waals surface area contributed by atoms with Crippen molar-refractivity contribution in [3.8, 4) is 0 Å². The molecule has 0 bridgehead atoms. The van der Waals surface area contributed by atoms with Gasteiger partial charge in [-0.2, -0.15) is 0 Å². The van der Waals surface area contributed by atoms with Gasteiger partial charge >= 0.3 is 0 Å². The SMILES string of the molecule is CN=C(NCCc1cc(C)cc(C)c1)NCc1nnc2n1CCCC2. The molecular formula is C19H28N6. The van der Waals surface area contributed by atoms with E-state index in [2.05, 4.69) is 62.4 Å². The molecule has 0 fully saturated rings. The quantitative estimate of drug-likeness (QED) is 0.646. The Morgan fingerprint density at radius 1 is 1.12 bits per heavy atom. The van der Waals surface area contributed by atoms with Gasteiger partial charge < -0.3 is 15.2 Å². The van der Waals surface area contributed by atoms with Gasteiger partial charge in [0.05, 0.1) is 6.54 Å². The second-order valence-electron chi connectivity index (χ2n) is 6.74. The summed E-state index contributed by atoms with van der Waals surface area (Å²) in [6, 6.07) is 6.69. The molecule has 134 valence electrons. The number of aromatic nitrogens is 3. The fourth-order valence-electron chi connectivity index (χ4n) is 3.42. The molecule has 0 unspecified atom stereocenters. The molecule has 1 aliphatic rings. The molecule has 3 rings (SSSR count). The van der Waals surface area contributed by atoms with Crippen LogP contribution in [0.1, 0.15) is 41.2 Å². The van der Waals surface area contributed by atoms with Crippen LogP contribution >= 0.6 is 0 Å². The van der Waals surface area contributed by atoms with Crippen molar-refractivity contribution in [2.24, 2.45) is 4.99 Å². The highest BCUT2D eigenvalue weighted by Gasteiger charge is 2.15. The Bertz CT molecular complexity index is 726. The van der Waals surface area contributed by atoms with Crippen molar-refractivity contribution >= 4 is 5.96 Å². The van der Waals surface area contributed by atoms with Gasteiger partial charge in [-0.05, 0) is 38.7 Å². The molecule has 6 nitrogen and oxygen atoms in total. The standard InChI is InChI=1S/C19H28N6/c1-14-10-15(2)12-16(11-14)7-8-21-19(20-3)22-13-18-24-23-17-6-4-5-9-25(17)18/h10-12H,4-9,13H2,1-3H3,(H2,20,21,22). The summed E-state index contributed by atoms with van der Waals surface area (Å²) >= 11 is 0. The molecule has 0 spiro atoms. The first-order chi connectivity index (χ1) is 12.2. The van der Waals surface area contributed by atoms with Crippen molar-refractivity contribution in [1.82, 2.24) is 25.4 Å². The first kappa shape index (κ1) is 17.5. The van der Waals surface area contributed by atoms with Crippen LogP contribution in [0.2, 0.25) is 0 Å². The van der Waals surface area contributed by atoms with Crippen molar-refractivity contribution in [2.45, 2.75) is 52.6 Å². The van der Waals surface area contributed by atoms with Crippen LogP contribution in [-0.4, -0.2) is 34.3 Å². The number of rotatable bonds is 5. The number of benzene rings is 1. The Labute approximate surface area is 149 Å². The molecule has 0 amide bonds. The fraction of sp³-hybridized carbons (Fsp3) is 0.526. The summed E-state index contributed by atoms with van der Waals surface area (Å²) in [6.45, 7) is 6.81. The van der Waals surface area contributed by atoms with Crippen LogP contribution < -0.4 is 10.6 Å². The molecule has 1 aliphatic heterocycles. The molecule has 0 atom stereocenters. The topological polar surface area (TPSA) is 67.1 Å². The lowest BCUT2D eigenvalue weighted by Gasteiger charge is -2.16. The van der Waals surface area contributed by atoms with Crippen LogP contribution in [0.15, 0.2) is 23.2 Å². The van der Waals surface area contributed by atoms with Crippen molar-refractivity contribution in [2.75, 3.05) is 13.6 Å². The maximum absolute atomic E-state index is 4.32. The van der Waals surface area contributed by atoms with Crippen LogP contribution in [0.25, 0.3) is 0 Å². The molecule has 0 aliphatic carbocycles. The molecule has 1 aromatic carbocycles. The lowest BCUT2D eigenvalue weighted by atomic mass is 10.1. The first-order valence-corrected chi connectivity index (χ1v) is 9.08. The van der Waals surface area contributed by atoms with E-state index in [1.165, 1.54) is 29.5 Å². The molecule has 2 heterocycles. The van der Waals surface area contributed by atoms with E-state index >= 15 is 0 Å². The van der Waals surface area contributed by atoms with E-state index in [4.69, 9.17) is 0 Å². The molecule has 2 aromatic rings. The number of hydrogen-bond donors (Lipinski definition) is 2. The van der Waals surface area contributed by atoms with Gasteiger partial charge in [0.25, 0.3) is 0 Å². The van der Waals surface area contributed by atoms with Gasteiger partial charge in [0.1, 0.15) is 5.82 Å². The molecule has 0 saturated carbocycles. The van der Waals surface area contributed by atoms with Gasteiger partial charge in [0, 0.05) is 26.6 Å². The summed E-state index contributed by atoms with van der Waals surface area (Å²) in [6.07, 6.45) is 4.44. The first-order valence-electron chi connectivity index (χ1n) is 9.08. The smallest absolute Gasteiger partial charge is 0.191 e. The number of nitrogens with one attached hydrogen (secondary N) is 2. The van der Waals surface area contributed by atoms with Crippen LogP contribution in [0.5, 0.6) is 0 Å². The number of guanidine groups is 1. The number of hydrogen-bond acceptors (Lipinski definition) is 3. The highest BCUT2D eigenvalue weighted by atomic mass is 15.3. The van der Waals surface area contributed by atoms with E-state index in [-0.39, 0.29) is 0 Å². The highest BCUT2D eigenvalue weighted by Crippen LogP contribution is 2.14. The fourth-order valence-corrected chi connectivity index (χ4v) is 3.42. The van der Waals surface area contributed by atoms with Crippen molar-refractivity contribution in [3.63, 3.8) is 0 Å². The zero-order valence-corrected chi connectivity index (χ0v) is 15.5. The number of aliphatic imine (C=N–C) groups is 1. The maximum Gasteiger partial charge on any atom is 0.191 e. The molecule has 1 aromatic heterocycles. The molecule has 2 N–H and O–H groups in total. The van der Waals surface area contributed by atoms with E-state index in [0.717, 1.165) is 43.5 Å². The van der Waals surface area contributed by atoms with Gasteiger partial charge in [-0.25, -0.2) is 0 Å². The van der Waals surface area contributed by atoms with Crippen LogP contribution in [0.4, 0.5) is 0 Å². The zero-order valence-electron chi connectivity index (χ0n) is 15.5. The molecule has 6 heteroatoms. The number of fused-ring (bicyclic) bond motifs is 1. The average Bonchev–Trinajstić information content (AvgIpc) is 3.00. The van der Waals surface area contributed by atoms with Gasteiger partial charge in [-0.15, -0.1) is 10.2 Å². The zero-order chi connectivity index (χ0) is 17.6. The summed E-state index contributed by atoms with van der Waals surface area (Å²) in [5, 5.41) is 15.3. The van der Waals surface area contributed by atoms with E-state index in [1.807, 2.05) is 0 Å². The summed E-state index contributed by atoms with van der Waals surface area (Å²) < 4.78 is 2.24. The van der Waals surface area contributed by atoms with E-state index in [9.17, 15) is 0 Å². The largest absolute Gasteiger partial charge is 0.356 e. The second kappa shape index (κ2) is 8.14. The third kappa shape index (κ3) is 4.59. The summed E-state index contributed by atoms with van der Waals surface area (Å²) in [4.78, 5) is 4.30. The minimum Gasteiger partial charge on any atom is -0.356 e. The van der Waals surface area contributed by atoms with Gasteiger partial charge in [0.2, 0.25) is 0 Å². The second-order valence-corrected chi connectivity index (χ2v) is 6.74. The van der Waals surface area contributed by atoms with Crippen molar-refractivity contribution < 1.29 is 0 Å². The normalized spacial score (nSPS) is 14.3. The Hall–Kier alpha value is -2.37. The Kier molecular flexibility index (Phi) is 5.68. The van der Waals surface area contributed by atoms with Gasteiger partial charge in [-0.3, -0.25) is 4.99 Å². The van der Waals surface area contributed by atoms with Gasteiger partial charge in [0.15, 0.2) is 11.8 Å². The Morgan fingerprint density at radius 3 is 2.68 bits per heavy atom. The van der Waals surface area contributed by atoms with Crippen LogP contribution in [0.3, 0.4) is 0 Å². The van der Waals surface area contributed by atoms with E-state index < -0.39 is 0 Å². The average molecular weight is 340 g/mol. The lowest BCUT2D eigenvalue weighted by molar-refractivity contribution is 0.504. The predicted octanol–water partition coefficient (Wildman–Crippen LogP) is 2.14. The number of nitrogens with zero attached hydrogens (tertiary/aromatic N) is 4. The summed E-state index contributed by atoms with van der Waals surface area (Å²) in [5.41, 5.74) is 3.98. The molecule has 0 radical (unpaired) electrons. The molecule has 0 saturated heterocycles. The van der Waals surface area contributed by atoms with Crippen LogP contribution in [0, 0.1) is 13.8 Å². The minimum atomic E-state index is 0.649. The predicted molar refractivity (Wildman–Crippen MR) is 101 cm³/mol. The Morgan fingerprint density at radius 2 is 1.92 bits per heavy atom.